The molecule has 0 spiro atoms. The largest absolute Gasteiger partial charge is 0.493 e. The smallest absolute Gasteiger partial charge is 0.125 e. The Morgan fingerprint density at radius 2 is 2.00 bits per heavy atom. The van der Waals surface area contributed by atoms with Crippen LogP contribution in [0, 0.1) is 19.8 Å². The Labute approximate surface area is 105 Å². The fourth-order valence-corrected chi connectivity index (χ4v) is 2.31. The lowest BCUT2D eigenvalue weighted by Crippen LogP contribution is -2.09. The first-order valence-electron chi connectivity index (χ1n) is 6.51. The van der Waals surface area contributed by atoms with E-state index in [1.54, 1.807) is 0 Å². The van der Waals surface area contributed by atoms with E-state index in [0.29, 0.717) is 5.92 Å². The molecule has 17 heavy (non-hydrogen) atoms. The Balaban J connectivity index is 2.94. The highest BCUT2D eigenvalue weighted by Crippen LogP contribution is 2.28. The van der Waals surface area contributed by atoms with Crippen LogP contribution < -0.4 is 10.5 Å². The van der Waals surface area contributed by atoms with E-state index in [9.17, 15) is 0 Å². The average Bonchev–Trinajstić information content (AvgIpc) is 2.23. The van der Waals surface area contributed by atoms with Gasteiger partial charge in [-0.15, -0.1) is 0 Å². The summed E-state index contributed by atoms with van der Waals surface area (Å²) in [5, 5.41) is 0. The van der Waals surface area contributed by atoms with Crippen LogP contribution in [0.1, 0.15) is 37.0 Å². The molecule has 0 aliphatic rings. The molecule has 2 nitrogen and oxygen atoms in total. The fourth-order valence-electron chi connectivity index (χ4n) is 2.31. The maximum absolute atomic E-state index is 5.77. The summed E-state index contributed by atoms with van der Waals surface area (Å²) in [4.78, 5) is 0. The average molecular weight is 235 g/mol. The van der Waals surface area contributed by atoms with Crippen LogP contribution in [-0.2, 0) is 6.42 Å². The van der Waals surface area contributed by atoms with Gasteiger partial charge in [-0.2, -0.15) is 0 Å². The molecule has 1 unspecified atom stereocenters. The van der Waals surface area contributed by atoms with Crippen molar-refractivity contribution in [3.8, 4) is 5.75 Å². The molecule has 0 aliphatic heterocycles. The van der Waals surface area contributed by atoms with Crippen molar-refractivity contribution >= 4 is 0 Å². The lowest BCUT2D eigenvalue weighted by atomic mass is 9.94. The van der Waals surface area contributed by atoms with E-state index in [0.717, 1.165) is 31.7 Å². The maximum Gasteiger partial charge on any atom is 0.125 e. The van der Waals surface area contributed by atoms with Crippen molar-refractivity contribution in [2.45, 2.75) is 40.5 Å². The first-order valence-corrected chi connectivity index (χ1v) is 6.51. The molecule has 96 valence electrons. The second-order valence-corrected chi connectivity index (χ2v) is 4.89. The van der Waals surface area contributed by atoms with Crippen LogP contribution in [0.2, 0.25) is 0 Å². The molecule has 0 heterocycles. The van der Waals surface area contributed by atoms with Gasteiger partial charge in [0.15, 0.2) is 0 Å². The van der Waals surface area contributed by atoms with E-state index in [2.05, 4.69) is 32.9 Å². The van der Waals surface area contributed by atoms with Crippen LogP contribution >= 0.6 is 0 Å². The Morgan fingerprint density at radius 1 is 1.29 bits per heavy atom. The molecule has 1 rings (SSSR count). The summed E-state index contributed by atoms with van der Waals surface area (Å²) in [7, 11) is 0. The molecule has 0 radical (unpaired) electrons. The van der Waals surface area contributed by atoms with E-state index in [1.807, 2.05) is 6.92 Å². The molecule has 1 atom stereocenters. The zero-order valence-electron chi connectivity index (χ0n) is 11.5. The van der Waals surface area contributed by atoms with Crippen molar-refractivity contribution in [2.24, 2.45) is 11.7 Å². The molecule has 1 aromatic carbocycles. The standard InChI is InChI=1S/C15H25NO/c1-5-17-15-13(4)8-12(3)10-14(15)9-11(2)6-7-16/h8,10-11H,5-7,9,16H2,1-4H3. The highest BCUT2D eigenvalue weighted by Gasteiger charge is 2.11. The minimum atomic E-state index is 0.611. The van der Waals surface area contributed by atoms with Crippen molar-refractivity contribution in [3.05, 3.63) is 28.8 Å². The van der Waals surface area contributed by atoms with Gasteiger partial charge in [-0.1, -0.05) is 24.6 Å². The number of nitrogens with two attached hydrogens (primary N) is 1. The Hall–Kier alpha value is -1.02. The summed E-state index contributed by atoms with van der Waals surface area (Å²) in [6.07, 6.45) is 2.12. The molecule has 0 aliphatic carbocycles. The van der Waals surface area contributed by atoms with Crippen LogP contribution in [0.3, 0.4) is 0 Å². The summed E-state index contributed by atoms with van der Waals surface area (Å²) in [5.41, 5.74) is 9.48. The Morgan fingerprint density at radius 3 is 2.59 bits per heavy atom. The molecule has 2 N–H and O–H groups in total. The molecule has 0 bridgehead atoms. The predicted octanol–water partition coefficient (Wildman–Crippen LogP) is 3.23. The van der Waals surface area contributed by atoms with Crippen molar-refractivity contribution in [1.82, 2.24) is 0 Å². The fraction of sp³-hybridized carbons (Fsp3) is 0.600. The molecular weight excluding hydrogens is 210 g/mol. The van der Waals surface area contributed by atoms with Crippen LogP contribution in [-0.4, -0.2) is 13.2 Å². The number of hydrogen-bond acceptors (Lipinski definition) is 2. The van der Waals surface area contributed by atoms with Gasteiger partial charge in [0.2, 0.25) is 0 Å². The van der Waals surface area contributed by atoms with Crippen LogP contribution in [0.4, 0.5) is 0 Å². The summed E-state index contributed by atoms with van der Waals surface area (Å²) < 4.78 is 5.77. The van der Waals surface area contributed by atoms with E-state index >= 15 is 0 Å². The summed E-state index contributed by atoms with van der Waals surface area (Å²) in [6.45, 7) is 10.0. The van der Waals surface area contributed by atoms with E-state index in [-0.39, 0.29) is 0 Å². The highest BCUT2D eigenvalue weighted by atomic mass is 16.5. The third-order valence-corrected chi connectivity index (χ3v) is 3.01. The zero-order valence-corrected chi connectivity index (χ0v) is 11.5. The number of hydrogen-bond donors (Lipinski definition) is 1. The van der Waals surface area contributed by atoms with Crippen molar-refractivity contribution in [2.75, 3.05) is 13.2 Å². The van der Waals surface area contributed by atoms with Crippen molar-refractivity contribution in [1.29, 1.82) is 0 Å². The zero-order chi connectivity index (χ0) is 12.8. The van der Waals surface area contributed by atoms with Gasteiger partial charge in [-0.05, 0) is 57.2 Å². The van der Waals surface area contributed by atoms with Gasteiger partial charge in [0.25, 0.3) is 0 Å². The van der Waals surface area contributed by atoms with Crippen LogP contribution in [0.15, 0.2) is 12.1 Å². The normalized spacial score (nSPS) is 12.5. The minimum Gasteiger partial charge on any atom is -0.493 e. The molecule has 0 fully saturated rings. The number of benzene rings is 1. The van der Waals surface area contributed by atoms with Crippen molar-refractivity contribution < 1.29 is 4.74 Å². The summed E-state index contributed by atoms with van der Waals surface area (Å²) in [6, 6.07) is 4.42. The highest BCUT2D eigenvalue weighted by molar-refractivity contribution is 5.44. The number of rotatable bonds is 6. The second-order valence-electron chi connectivity index (χ2n) is 4.89. The minimum absolute atomic E-state index is 0.611. The molecule has 0 saturated carbocycles. The monoisotopic (exact) mass is 235 g/mol. The first kappa shape index (κ1) is 14.0. The molecule has 1 aromatic rings. The predicted molar refractivity (Wildman–Crippen MR) is 73.6 cm³/mol. The topological polar surface area (TPSA) is 35.2 Å². The van der Waals surface area contributed by atoms with E-state index in [4.69, 9.17) is 10.5 Å². The SMILES string of the molecule is CCOc1c(C)cc(C)cc1CC(C)CCN. The van der Waals surface area contributed by atoms with Gasteiger partial charge in [-0.3, -0.25) is 0 Å². The van der Waals surface area contributed by atoms with E-state index < -0.39 is 0 Å². The first-order chi connectivity index (χ1) is 8.08. The lowest BCUT2D eigenvalue weighted by Gasteiger charge is -2.17. The van der Waals surface area contributed by atoms with Crippen LogP contribution in [0.5, 0.6) is 5.75 Å². The maximum atomic E-state index is 5.77. The van der Waals surface area contributed by atoms with Gasteiger partial charge in [0.1, 0.15) is 5.75 Å². The van der Waals surface area contributed by atoms with Gasteiger partial charge in [0.05, 0.1) is 6.61 Å². The summed E-state index contributed by atoms with van der Waals surface area (Å²) in [5.74, 6) is 1.68. The molecular formula is C15H25NO. The summed E-state index contributed by atoms with van der Waals surface area (Å²) >= 11 is 0. The second kappa shape index (κ2) is 6.65. The molecule has 0 saturated heterocycles. The quantitative estimate of drug-likeness (QED) is 0.821. The van der Waals surface area contributed by atoms with Gasteiger partial charge < -0.3 is 10.5 Å². The third kappa shape index (κ3) is 4.04. The molecule has 2 heteroatoms. The number of ether oxygens (including phenoxy) is 1. The Bertz CT molecular complexity index is 360. The van der Waals surface area contributed by atoms with E-state index in [1.165, 1.54) is 16.7 Å². The van der Waals surface area contributed by atoms with Gasteiger partial charge >= 0.3 is 0 Å². The number of aryl methyl sites for hydroxylation is 2. The molecule has 0 amide bonds. The van der Waals surface area contributed by atoms with Gasteiger partial charge in [0, 0.05) is 0 Å². The van der Waals surface area contributed by atoms with Crippen LogP contribution in [0.25, 0.3) is 0 Å². The van der Waals surface area contributed by atoms with Crippen molar-refractivity contribution in [3.63, 3.8) is 0 Å². The lowest BCUT2D eigenvalue weighted by molar-refractivity contribution is 0.331. The van der Waals surface area contributed by atoms with Gasteiger partial charge in [-0.25, -0.2) is 0 Å². The molecule has 0 aromatic heterocycles. The Kier molecular flexibility index (Phi) is 5.49. The third-order valence-electron chi connectivity index (χ3n) is 3.01.